The van der Waals surface area contributed by atoms with E-state index < -0.39 is 10.0 Å². The average molecular weight is 473 g/mol. The lowest BCUT2D eigenvalue weighted by molar-refractivity contribution is -0.129. The van der Waals surface area contributed by atoms with Gasteiger partial charge >= 0.3 is 0 Å². The van der Waals surface area contributed by atoms with Crippen molar-refractivity contribution in [1.82, 2.24) is 19.4 Å². The van der Waals surface area contributed by atoms with Gasteiger partial charge in [-0.2, -0.15) is 9.40 Å². The van der Waals surface area contributed by atoms with Gasteiger partial charge in [0.1, 0.15) is 5.82 Å². The molecule has 0 saturated carbocycles. The molecule has 0 saturated heterocycles. The van der Waals surface area contributed by atoms with Gasteiger partial charge < -0.3 is 4.90 Å². The summed E-state index contributed by atoms with van der Waals surface area (Å²) in [5.41, 5.74) is 4.35. The third-order valence-corrected chi connectivity index (χ3v) is 7.48. The molecule has 0 unspecified atom stereocenters. The van der Waals surface area contributed by atoms with Crippen molar-refractivity contribution < 1.29 is 17.6 Å². The molecule has 176 valence electrons. The smallest absolute Gasteiger partial charge is 0.243 e. The molecule has 7 nitrogen and oxygen atoms in total. The van der Waals surface area contributed by atoms with Crippen molar-refractivity contribution in [1.29, 1.82) is 0 Å². The highest BCUT2D eigenvalue weighted by Crippen LogP contribution is 2.19. The molecule has 1 heterocycles. The lowest BCUT2D eigenvalue weighted by Crippen LogP contribution is -2.39. The number of aromatic amines is 1. The van der Waals surface area contributed by atoms with Crippen molar-refractivity contribution in [2.24, 2.45) is 0 Å². The second kappa shape index (κ2) is 10.3. The molecule has 1 N–H and O–H groups in total. The fourth-order valence-electron chi connectivity index (χ4n) is 3.34. The zero-order valence-electron chi connectivity index (χ0n) is 19.3. The van der Waals surface area contributed by atoms with Crippen molar-refractivity contribution in [3.63, 3.8) is 0 Å². The standard InChI is InChI=1S/C24H29FN4O3S/c1-17-7-12-22(14-18(17)2)33(31,32)29(4)16-24(30)28(3)13-5-6-21-15-23(27-26-21)19-8-10-20(25)11-9-19/h7-12,14-15H,5-6,13,16H2,1-4H3,(H,26,27). The van der Waals surface area contributed by atoms with E-state index in [0.29, 0.717) is 19.4 Å². The van der Waals surface area contributed by atoms with E-state index in [1.54, 1.807) is 37.4 Å². The summed E-state index contributed by atoms with van der Waals surface area (Å²) in [5.74, 6) is -0.573. The summed E-state index contributed by atoms with van der Waals surface area (Å²) in [6.07, 6.45) is 1.35. The van der Waals surface area contributed by atoms with Crippen LogP contribution in [0.4, 0.5) is 4.39 Å². The molecule has 0 atom stereocenters. The maximum absolute atomic E-state index is 13.1. The van der Waals surface area contributed by atoms with E-state index in [4.69, 9.17) is 0 Å². The van der Waals surface area contributed by atoms with Crippen LogP contribution in [0.25, 0.3) is 11.3 Å². The Morgan fingerprint density at radius 3 is 2.39 bits per heavy atom. The van der Waals surface area contributed by atoms with Gasteiger partial charge in [-0.3, -0.25) is 9.89 Å². The Balaban J connectivity index is 1.51. The quantitative estimate of drug-likeness (QED) is 0.516. The van der Waals surface area contributed by atoms with Gasteiger partial charge in [-0.15, -0.1) is 0 Å². The first-order chi connectivity index (χ1) is 15.6. The predicted octanol–water partition coefficient (Wildman–Crippen LogP) is 3.54. The summed E-state index contributed by atoms with van der Waals surface area (Å²) >= 11 is 0. The van der Waals surface area contributed by atoms with Crippen molar-refractivity contribution in [2.75, 3.05) is 27.2 Å². The van der Waals surface area contributed by atoms with Gasteiger partial charge in [-0.25, -0.2) is 12.8 Å². The van der Waals surface area contributed by atoms with Gasteiger partial charge in [0.05, 0.1) is 17.1 Å². The predicted molar refractivity (Wildman–Crippen MR) is 126 cm³/mol. The molecule has 0 aliphatic heterocycles. The van der Waals surface area contributed by atoms with E-state index in [1.807, 2.05) is 19.9 Å². The van der Waals surface area contributed by atoms with Crippen LogP contribution in [-0.4, -0.2) is 60.9 Å². The van der Waals surface area contributed by atoms with Crippen LogP contribution in [0.3, 0.4) is 0 Å². The van der Waals surface area contributed by atoms with E-state index in [-0.39, 0.29) is 23.2 Å². The summed E-state index contributed by atoms with van der Waals surface area (Å²) in [6.45, 7) is 4.02. The molecule has 9 heteroatoms. The molecule has 0 fully saturated rings. The van der Waals surface area contributed by atoms with Crippen molar-refractivity contribution in [3.8, 4) is 11.3 Å². The summed E-state index contributed by atoms with van der Waals surface area (Å²) in [5, 5.41) is 7.22. The highest BCUT2D eigenvalue weighted by Gasteiger charge is 2.24. The molecule has 0 aliphatic carbocycles. The van der Waals surface area contributed by atoms with Crippen LogP contribution in [0.1, 0.15) is 23.2 Å². The van der Waals surface area contributed by atoms with Crippen LogP contribution < -0.4 is 0 Å². The Morgan fingerprint density at radius 2 is 1.73 bits per heavy atom. The van der Waals surface area contributed by atoms with Crippen LogP contribution in [0.15, 0.2) is 53.4 Å². The zero-order chi connectivity index (χ0) is 24.2. The Kier molecular flexibility index (Phi) is 7.65. The van der Waals surface area contributed by atoms with E-state index in [2.05, 4.69) is 10.2 Å². The summed E-state index contributed by atoms with van der Waals surface area (Å²) < 4.78 is 39.8. The number of aryl methyl sites for hydroxylation is 3. The first-order valence-corrected chi connectivity index (χ1v) is 12.1. The molecule has 1 amide bonds. The number of halogens is 1. The number of carbonyl (C=O) groups is 1. The third-order valence-electron chi connectivity index (χ3n) is 5.68. The van der Waals surface area contributed by atoms with Gasteiger partial charge in [0.25, 0.3) is 0 Å². The van der Waals surface area contributed by atoms with Crippen LogP contribution in [0.2, 0.25) is 0 Å². The fraction of sp³-hybridized carbons (Fsp3) is 0.333. The lowest BCUT2D eigenvalue weighted by Gasteiger charge is -2.22. The Hall–Kier alpha value is -3.04. The number of carbonyl (C=O) groups excluding carboxylic acids is 1. The number of rotatable bonds is 9. The van der Waals surface area contributed by atoms with Crippen molar-refractivity contribution in [2.45, 2.75) is 31.6 Å². The van der Waals surface area contributed by atoms with E-state index in [9.17, 15) is 17.6 Å². The fourth-order valence-corrected chi connectivity index (χ4v) is 4.55. The second-order valence-corrected chi connectivity index (χ2v) is 10.3. The number of likely N-dealkylation sites (N-methyl/N-ethyl adjacent to an activating group) is 2. The lowest BCUT2D eigenvalue weighted by atomic mass is 10.1. The van der Waals surface area contributed by atoms with Crippen molar-refractivity contribution >= 4 is 15.9 Å². The van der Waals surface area contributed by atoms with Gasteiger partial charge in [-0.05, 0) is 80.3 Å². The molecule has 1 aromatic heterocycles. The molecule has 0 radical (unpaired) electrons. The SMILES string of the molecule is Cc1ccc(S(=O)(=O)N(C)CC(=O)N(C)CCCc2cc(-c3ccc(F)cc3)n[nH]2)cc1C. The summed E-state index contributed by atoms with van der Waals surface area (Å²) in [7, 11) is -0.671. The Labute approximate surface area is 194 Å². The van der Waals surface area contributed by atoms with Crippen LogP contribution >= 0.6 is 0 Å². The second-order valence-electron chi connectivity index (χ2n) is 8.21. The third kappa shape index (κ3) is 6.06. The number of hydrogen-bond acceptors (Lipinski definition) is 4. The monoisotopic (exact) mass is 472 g/mol. The summed E-state index contributed by atoms with van der Waals surface area (Å²) in [6, 6.07) is 13.0. The number of H-pyrrole nitrogens is 1. The number of amides is 1. The van der Waals surface area contributed by atoms with E-state index in [0.717, 1.165) is 32.4 Å². The van der Waals surface area contributed by atoms with Crippen LogP contribution in [0, 0.1) is 19.7 Å². The number of benzene rings is 2. The highest BCUT2D eigenvalue weighted by atomic mass is 32.2. The average Bonchev–Trinajstić information content (AvgIpc) is 3.24. The van der Waals surface area contributed by atoms with E-state index >= 15 is 0 Å². The maximum Gasteiger partial charge on any atom is 0.243 e. The normalized spacial score (nSPS) is 11.7. The van der Waals surface area contributed by atoms with Gasteiger partial charge in [0, 0.05) is 31.9 Å². The minimum Gasteiger partial charge on any atom is -0.345 e. The first-order valence-electron chi connectivity index (χ1n) is 10.7. The van der Waals surface area contributed by atoms with Gasteiger partial charge in [0.2, 0.25) is 15.9 Å². The molecule has 3 rings (SSSR count). The number of nitrogens with one attached hydrogen (secondary N) is 1. The molecule has 3 aromatic rings. The largest absolute Gasteiger partial charge is 0.345 e. The molecule has 2 aromatic carbocycles. The number of hydrogen-bond donors (Lipinski definition) is 1. The molecule has 0 bridgehead atoms. The maximum atomic E-state index is 13.1. The highest BCUT2D eigenvalue weighted by molar-refractivity contribution is 7.89. The molecule has 0 aliphatic rings. The topological polar surface area (TPSA) is 86.4 Å². The number of nitrogens with zero attached hydrogens (tertiary/aromatic N) is 3. The van der Waals surface area contributed by atoms with Gasteiger partial charge in [-0.1, -0.05) is 6.07 Å². The van der Waals surface area contributed by atoms with Gasteiger partial charge in [0.15, 0.2) is 0 Å². The minimum atomic E-state index is -3.75. The van der Waals surface area contributed by atoms with Crippen LogP contribution in [-0.2, 0) is 21.2 Å². The molecular weight excluding hydrogens is 443 g/mol. The van der Waals surface area contributed by atoms with Crippen molar-refractivity contribution in [3.05, 3.63) is 71.2 Å². The molecule has 33 heavy (non-hydrogen) atoms. The Morgan fingerprint density at radius 1 is 1.03 bits per heavy atom. The van der Waals surface area contributed by atoms with E-state index in [1.165, 1.54) is 24.1 Å². The first kappa shape index (κ1) is 24.6. The summed E-state index contributed by atoms with van der Waals surface area (Å²) in [4.78, 5) is 14.3. The zero-order valence-corrected chi connectivity index (χ0v) is 20.1. The molecular formula is C24H29FN4O3S. The Bertz CT molecular complexity index is 1220. The van der Waals surface area contributed by atoms with Crippen LogP contribution in [0.5, 0.6) is 0 Å². The minimum absolute atomic E-state index is 0.180. The number of aromatic nitrogens is 2. The molecule has 0 spiro atoms. The number of sulfonamides is 1.